The summed E-state index contributed by atoms with van der Waals surface area (Å²) < 4.78 is 2.26. The van der Waals surface area contributed by atoms with Gasteiger partial charge in [-0.25, -0.2) is 4.98 Å². The van der Waals surface area contributed by atoms with Gasteiger partial charge in [-0.15, -0.1) is 16.5 Å². The fourth-order valence-electron chi connectivity index (χ4n) is 1.65. The molecule has 0 fully saturated rings. The number of benzene rings is 1. The van der Waals surface area contributed by atoms with Crippen LogP contribution in [0.25, 0.3) is 10.2 Å². The molecule has 0 saturated carbocycles. The lowest BCUT2D eigenvalue weighted by Crippen LogP contribution is -1.81. The summed E-state index contributed by atoms with van der Waals surface area (Å²) in [7, 11) is 0. The predicted octanol–water partition coefficient (Wildman–Crippen LogP) is 5.97. The predicted molar refractivity (Wildman–Crippen MR) is 84.6 cm³/mol. The molecule has 1 aromatic carbocycles. The Morgan fingerprint density at radius 3 is 2.74 bits per heavy atom. The second-order valence-electron chi connectivity index (χ2n) is 4.00. The molecule has 2 heterocycles. The van der Waals surface area contributed by atoms with Crippen molar-refractivity contribution in [2.45, 2.75) is 13.0 Å². The highest BCUT2D eigenvalue weighted by Gasteiger charge is 2.07. The van der Waals surface area contributed by atoms with Gasteiger partial charge in [0.15, 0.2) is 0 Å². The largest absolute Gasteiger partial charge is 0.230 e. The van der Waals surface area contributed by atoms with Gasteiger partial charge in [0.25, 0.3) is 0 Å². The van der Waals surface area contributed by atoms with E-state index in [0.29, 0.717) is 5.13 Å². The lowest BCUT2D eigenvalue weighted by molar-refractivity contribution is 0.779. The van der Waals surface area contributed by atoms with Crippen molar-refractivity contribution in [1.82, 2.24) is 4.98 Å². The van der Waals surface area contributed by atoms with E-state index in [9.17, 15) is 0 Å². The van der Waals surface area contributed by atoms with E-state index < -0.39 is 0 Å². The van der Waals surface area contributed by atoms with Gasteiger partial charge in [-0.05, 0) is 47.1 Å². The average molecular weight is 352 g/mol. The maximum Gasteiger partial charge on any atom is 0.230 e. The first-order chi connectivity index (χ1) is 9.22. The molecule has 2 aromatic heterocycles. The Bertz CT molecular complexity index is 699. The lowest BCUT2D eigenvalue weighted by Gasteiger charge is -1.98. The zero-order valence-corrected chi connectivity index (χ0v) is 13.3. The van der Waals surface area contributed by atoms with Crippen molar-refractivity contribution in [3.05, 3.63) is 45.1 Å². The molecule has 0 amide bonds. The minimum Gasteiger partial charge on any atom is -0.217 e. The zero-order chi connectivity index (χ0) is 13.2. The summed E-state index contributed by atoms with van der Waals surface area (Å²) >= 11 is 6.70. The summed E-state index contributed by atoms with van der Waals surface area (Å²) in [5, 5.41) is 9.30. The molecule has 3 nitrogen and oxygen atoms in total. The van der Waals surface area contributed by atoms with Crippen LogP contribution in [-0.4, -0.2) is 4.98 Å². The third-order valence-corrected chi connectivity index (χ3v) is 5.32. The summed E-state index contributed by atoms with van der Waals surface area (Å²) in [5.41, 5.74) is 0.980. The van der Waals surface area contributed by atoms with Crippen LogP contribution in [0, 0.1) is 0 Å². The molecule has 0 aliphatic carbocycles. The molecular formula is C13H10BrN3S2. The first-order valence-corrected chi connectivity index (χ1v) is 8.16. The molecule has 3 aromatic rings. The standard InChI is InChI=1S/C13H10BrN3S2/c1-8(10-6-7-12(14)18-10)16-17-13-15-9-4-2-3-5-11(9)19-13/h2-8H,1H3. The third-order valence-electron chi connectivity index (χ3n) is 2.60. The molecule has 0 aliphatic rings. The first-order valence-electron chi connectivity index (χ1n) is 5.74. The quantitative estimate of drug-likeness (QED) is 0.536. The van der Waals surface area contributed by atoms with Crippen molar-refractivity contribution < 1.29 is 0 Å². The number of fused-ring (bicyclic) bond motifs is 1. The number of halogens is 1. The number of para-hydroxylation sites is 1. The Kier molecular flexibility index (Phi) is 3.72. The van der Waals surface area contributed by atoms with Gasteiger partial charge in [0.1, 0.15) is 6.04 Å². The van der Waals surface area contributed by atoms with Crippen molar-refractivity contribution in [1.29, 1.82) is 0 Å². The lowest BCUT2D eigenvalue weighted by atomic mass is 10.3. The van der Waals surface area contributed by atoms with Crippen LogP contribution in [0.5, 0.6) is 0 Å². The van der Waals surface area contributed by atoms with Crippen LogP contribution in [-0.2, 0) is 0 Å². The molecule has 6 heteroatoms. The summed E-state index contributed by atoms with van der Waals surface area (Å²) in [5.74, 6) is 0. The first kappa shape index (κ1) is 12.9. The molecule has 0 N–H and O–H groups in total. The van der Waals surface area contributed by atoms with Crippen LogP contribution in [0.15, 0.2) is 50.4 Å². The molecule has 96 valence electrons. The smallest absolute Gasteiger partial charge is 0.217 e. The van der Waals surface area contributed by atoms with Gasteiger partial charge in [0.2, 0.25) is 5.13 Å². The zero-order valence-electron chi connectivity index (χ0n) is 10.1. The van der Waals surface area contributed by atoms with Gasteiger partial charge >= 0.3 is 0 Å². The second kappa shape index (κ2) is 5.48. The van der Waals surface area contributed by atoms with Crippen LogP contribution >= 0.6 is 38.6 Å². The highest BCUT2D eigenvalue weighted by atomic mass is 79.9. The van der Waals surface area contributed by atoms with E-state index >= 15 is 0 Å². The number of thiazole rings is 1. The molecule has 1 atom stereocenters. The second-order valence-corrected chi connectivity index (χ2v) is 7.50. The van der Waals surface area contributed by atoms with E-state index in [-0.39, 0.29) is 6.04 Å². The molecule has 1 unspecified atom stereocenters. The number of hydrogen-bond donors (Lipinski definition) is 0. The van der Waals surface area contributed by atoms with Crippen LogP contribution < -0.4 is 0 Å². The molecule has 0 bridgehead atoms. The van der Waals surface area contributed by atoms with Gasteiger partial charge in [0, 0.05) is 4.88 Å². The molecule has 0 spiro atoms. The van der Waals surface area contributed by atoms with Crippen LogP contribution in [0.2, 0.25) is 0 Å². The van der Waals surface area contributed by atoms with Crippen molar-refractivity contribution >= 4 is 54.0 Å². The van der Waals surface area contributed by atoms with E-state index in [0.717, 1.165) is 14.0 Å². The maximum absolute atomic E-state index is 4.44. The van der Waals surface area contributed by atoms with E-state index in [1.165, 1.54) is 4.88 Å². The Morgan fingerprint density at radius 1 is 1.16 bits per heavy atom. The number of rotatable bonds is 3. The number of hydrogen-bond acceptors (Lipinski definition) is 5. The topological polar surface area (TPSA) is 37.6 Å². The number of nitrogens with zero attached hydrogens (tertiary/aromatic N) is 3. The number of thiophene rings is 1. The van der Waals surface area contributed by atoms with Crippen molar-refractivity contribution in [2.75, 3.05) is 0 Å². The van der Waals surface area contributed by atoms with Gasteiger partial charge in [-0.2, -0.15) is 5.11 Å². The van der Waals surface area contributed by atoms with Gasteiger partial charge in [-0.3, -0.25) is 0 Å². The molecule has 3 rings (SSSR count). The monoisotopic (exact) mass is 351 g/mol. The fourth-order valence-corrected chi connectivity index (χ4v) is 3.85. The van der Waals surface area contributed by atoms with Crippen molar-refractivity contribution in [3.8, 4) is 0 Å². The number of azo groups is 1. The average Bonchev–Trinajstić information content (AvgIpc) is 3.01. The Balaban J connectivity index is 1.82. The van der Waals surface area contributed by atoms with Crippen LogP contribution in [0.4, 0.5) is 5.13 Å². The van der Waals surface area contributed by atoms with E-state index in [4.69, 9.17) is 0 Å². The normalized spacial score (nSPS) is 13.4. The highest BCUT2D eigenvalue weighted by Crippen LogP contribution is 2.32. The summed E-state index contributed by atoms with van der Waals surface area (Å²) in [4.78, 5) is 5.63. The SMILES string of the molecule is CC(N=Nc1nc2ccccc2s1)c1ccc(Br)s1. The molecular weight excluding hydrogens is 342 g/mol. The minimum absolute atomic E-state index is 0.0586. The third kappa shape index (κ3) is 2.91. The van der Waals surface area contributed by atoms with E-state index in [1.54, 1.807) is 22.7 Å². The molecule has 19 heavy (non-hydrogen) atoms. The van der Waals surface area contributed by atoms with Gasteiger partial charge < -0.3 is 0 Å². The van der Waals surface area contributed by atoms with Crippen molar-refractivity contribution in [2.24, 2.45) is 10.2 Å². The fraction of sp³-hybridized carbons (Fsp3) is 0.154. The molecule has 0 radical (unpaired) electrons. The Labute approximate surface area is 127 Å². The van der Waals surface area contributed by atoms with Crippen LogP contribution in [0.3, 0.4) is 0 Å². The van der Waals surface area contributed by atoms with Crippen molar-refractivity contribution in [3.63, 3.8) is 0 Å². The van der Waals surface area contributed by atoms with Crippen LogP contribution in [0.1, 0.15) is 17.8 Å². The number of aromatic nitrogens is 1. The van der Waals surface area contributed by atoms with Gasteiger partial charge in [-0.1, -0.05) is 23.5 Å². The molecule has 0 saturated heterocycles. The Hall–Kier alpha value is -1.11. The van der Waals surface area contributed by atoms with E-state index in [2.05, 4.69) is 37.2 Å². The minimum atomic E-state index is 0.0586. The highest BCUT2D eigenvalue weighted by molar-refractivity contribution is 9.11. The van der Waals surface area contributed by atoms with E-state index in [1.807, 2.05) is 37.3 Å². The summed E-state index contributed by atoms with van der Waals surface area (Å²) in [6.45, 7) is 2.04. The molecule has 0 aliphatic heterocycles. The maximum atomic E-state index is 4.44. The Morgan fingerprint density at radius 2 is 2.00 bits per heavy atom. The van der Waals surface area contributed by atoms with Gasteiger partial charge in [0.05, 0.1) is 14.0 Å². The summed E-state index contributed by atoms with van der Waals surface area (Å²) in [6.07, 6.45) is 0. The summed E-state index contributed by atoms with van der Waals surface area (Å²) in [6, 6.07) is 12.2.